The molecule has 0 aliphatic heterocycles. The average molecular weight is 206 g/mol. The van der Waals surface area contributed by atoms with E-state index in [1.807, 2.05) is 24.4 Å². The van der Waals surface area contributed by atoms with E-state index in [1.165, 1.54) is 4.57 Å². The molecule has 0 saturated carbocycles. The second-order valence-electron chi connectivity index (χ2n) is 2.89. The molecule has 0 amide bonds. The van der Waals surface area contributed by atoms with Crippen molar-refractivity contribution in [3.8, 4) is 10.6 Å². The van der Waals surface area contributed by atoms with Gasteiger partial charge in [-0.15, -0.1) is 11.3 Å². The van der Waals surface area contributed by atoms with Crippen LogP contribution in [0.1, 0.15) is 18.1 Å². The molecule has 0 fully saturated rings. The zero-order valence-electron chi connectivity index (χ0n) is 7.80. The Bertz CT molecular complexity index is 431. The van der Waals surface area contributed by atoms with Crippen LogP contribution in [0, 0.1) is 0 Å². The number of carbonyl (C=O) groups excluding carboxylic acids is 1. The van der Waals surface area contributed by atoms with Crippen LogP contribution < -0.4 is 0 Å². The van der Waals surface area contributed by atoms with Crippen LogP contribution in [0.25, 0.3) is 10.6 Å². The number of aromatic nitrogens is 2. The summed E-state index contributed by atoms with van der Waals surface area (Å²) in [6, 6.07) is 3.97. The lowest BCUT2D eigenvalue weighted by atomic mass is 10.4. The van der Waals surface area contributed by atoms with E-state index in [9.17, 15) is 4.79 Å². The molecule has 2 heterocycles. The molecular weight excluding hydrogens is 196 g/mol. The monoisotopic (exact) mass is 206 g/mol. The van der Waals surface area contributed by atoms with Gasteiger partial charge in [0, 0.05) is 12.6 Å². The number of thiophene rings is 1. The highest BCUT2D eigenvalue weighted by atomic mass is 32.1. The van der Waals surface area contributed by atoms with Crippen molar-refractivity contribution in [2.45, 2.75) is 13.3 Å². The fourth-order valence-electron chi connectivity index (χ4n) is 1.19. The van der Waals surface area contributed by atoms with E-state index in [0.717, 1.165) is 10.6 Å². The van der Waals surface area contributed by atoms with Gasteiger partial charge in [-0.1, -0.05) is 13.0 Å². The minimum Gasteiger partial charge on any atom is -0.276 e. The van der Waals surface area contributed by atoms with Crippen molar-refractivity contribution in [3.63, 3.8) is 0 Å². The molecule has 0 N–H and O–H groups in total. The van der Waals surface area contributed by atoms with E-state index >= 15 is 0 Å². The summed E-state index contributed by atoms with van der Waals surface area (Å²) in [7, 11) is 0. The highest BCUT2D eigenvalue weighted by molar-refractivity contribution is 7.13. The van der Waals surface area contributed by atoms with Crippen molar-refractivity contribution in [1.82, 2.24) is 9.55 Å². The Hall–Kier alpha value is -1.42. The Kier molecular flexibility index (Phi) is 2.45. The minimum absolute atomic E-state index is 0.0697. The van der Waals surface area contributed by atoms with Crippen molar-refractivity contribution < 1.29 is 4.79 Å². The number of carbonyl (C=O) groups is 1. The van der Waals surface area contributed by atoms with Gasteiger partial charge in [-0.25, -0.2) is 4.98 Å². The number of hydrogen-bond acceptors (Lipinski definition) is 3. The molecule has 0 saturated heterocycles. The zero-order chi connectivity index (χ0) is 9.97. The van der Waals surface area contributed by atoms with Gasteiger partial charge in [-0.3, -0.25) is 9.36 Å². The predicted molar refractivity (Wildman–Crippen MR) is 56.5 cm³/mol. The lowest BCUT2D eigenvalue weighted by Gasteiger charge is -1.93. The van der Waals surface area contributed by atoms with Crippen molar-refractivity contribution in [2.24, 2.45) is 0 Å². The third-order valence-electron chi connectivity index (χ3n) is 1.95. The fourth-order valence-corrected chi connectivity index (χ4v) is 1.88. The van der Waals surface area contributed by atoms with Gasteiger partial charge in [-0.05, 0) is 11.4 Å². The third-order valence-corrected chi connectivity index (χ3v) is 2.84. The van der Waals surface area contributed by atoms with Crippen molar-refractivity contribution in [1.29, 1.82) is 0 Å². The van der Waals surface area contributed by atoms with E-state index in [0.29, 0.717) is 6.42 Å². The van der Waals surface area contributed by atoms with Gasteiger partial charge >= 0.3 is 0 Å². The molecule has 0 aliphatic rings. The molecular formula is C10H10N2OS. The summed E-state index contributed by atoms with van der Waals surface area (Å²) in [5.41, 5.74) is 0.863. The van der Waals surface area contributed by atoms with Crippen LogP contribution in [0.4, 0.5) is 0 Å². The molecule has 0 bridgehead atoms. The van der Waals surface area contributed by atoms with E-state index in [-0.39, 0.29) is 5.91 Å². The molecule has 4 heteroatoms. The van der Waals surface area contributed by atoms with Gasteiger partial charge in [0.2, 0.25) is 5.91 Å². The Morgan fingerprint density at radius 2 is 2.50 bits per heavy atom. The van der Waals surface area contributed by atoms with Gasteiger partial charge in [0.15, 0.2) is 0 Å². The molecule has 0 aliphatic carbocycles. The summed E-state index contributed by atoms with van der Waals surface area (Å²) >= 11 is 1.62. The van der Waals surface area contributed by atoms with Crippen LogP contribution in [0.15, 0.2) is 30.0 Å². The largest absolute Gasteiger partial charge is 0.276 e. The first kappa shape index (κ1) is 9.15. The third kappa shape index (κ3) is 1.61. The summed E-state index contributed by atoms with van der Waals surface area (Å²) in [4.78, 5) is 16.6. The maximum Gasteiger partial charge on any atom is 0.231 e. The first-order valence-electron chi connectivity index (χ1n) is 4.42. The van der Waals surface area contributed by atoms with Crippen molar-refractivity contribution in [3.05, 3.63) is 30.0 Å². The molecule has 0 atom stereocenters. The molecule has 2 aromatic rings. The number of hydrogen-bond donors (Lipinski definition) is 0. The second kappa shape index (κ2) is 3.75. The summed E-state index contributed by atoms with van der Waals surface area (Å²) < 4.78 is 1.54. The highest BCUT2D eigenvalue weighted by Crippen LogP contribution is 2.22. The number of imidazole rings is 1. The van der Waals surface area contributed by atoms with E-state index in [2.05, 4.69) is 4.98 Å². The number of rotatable bonds is 2. The normalized spacial score (nSPS) is 10.4. The second-order valence-corrected chi connectivity index (χ2v) is 3.84. The standard InChI is InChI=1S/C10H10N2OS/c1-2-10(13)12-6-8(11-7-12)9-4-3-5-14-9/h3-7H,2H2,1H3. The van der Waals surface area contributed by atoms with Crippen LogP contribution in [0.3, 0.4) is 0 Å². The molecule has 0 spiro atoms. The van der Waals surface area contributed by atoms with E-state index in [4.69, 9.17) is 0 Å². The van der Waals surface area contributed by atoms with E-state index in [1.54, 1.807) is 23.9 Å². The topological polar surface area (TPSA) is 34.9 Å². The van der Waals surface area contributed by atoms with Crippen molar-refractivity contribution >= 4 is 17.2 Å². The smallest absolute Gasteiger partial charge is 0.231 e. The first-order chi connectivity index (χ1) is 6.81. The average Bonchev–Trinajstić information content (AvgIpc) is 2.86. The zero-order valence-corrected chi connectivity index (χ0v) is 8.62. The minimum atomic E-state index is 0.0697. The maximum atomic E-state index is 11.3. The van der Waals surface area contributed by atoms with E-state index < -0.39 is 0 Å². The summed E-state index contributed by atoms with van der Waals surface area (Å²) in [6.07, 6.45) is 3.85. The predicted octanol–water partition coefficient (Wildman–Crippen LogP) is 2.66. The SMILES string of the molecule is CCC(=O)n1cnc(-c2cccs2)c1. The van der Waals surface area contributed by atoms with Crippen LogP contribution in [-0.4, -0.2) is 15.5 Å². The maximum absolute atomic E-state index is 11.3. The number of nitrogens with zero attached hydrogens (tertiary/aromatic N) is 2. The van der Waals surface area contributed by atoms with Gasteiger partial charge in [0.05, 0.1) is 10.6 Å². The lowest BCUT2D eigenvalue weighted by Crippen LogP contribution is -2.05. The molecule has 0 radical (unpaired) electrons. The molecule has 3 nitrogen and oxygen atoms in total. The molecule has 2 rings (SSSR count). The summed E-state index contributed by atoms with van der Waals surface area (Å²) in [6.45, 7) is 1.84. The van der Waals surface area contributed by atoms with Gasteiger partial charge < -0.3 is 0 Å². The Morgan fingerprint density at radius 1 is 1.64 bits per heavy atom. The molecule has 0 aromatic carbocycles. The molecule has 0 unspecified atom stereocenters. The Morgan fingerprint density at radius 3 is 3.14 bits per heavy atom. The highest BCUT2D eigenvalue weighted by Gasteiger charge is 2.06. The van der Waals surface area contributed by atoms with Crippen LogP contribution in [-0.2, 0) is 0 Å². The first-order valence-corrected chi connectivity index (χ1v) is 5.30. The van der Waals surface area contributed by atoms with Crippen LogP contribution >= 0.6 is 11.3 Å². The Labute approximate surface area is 86.0 Å². The Balaban J connectivity index is 2.31. The molecule has 72 valence electrons. The lowest BCUT2D eigenvalue weighted by molar-refractivity contribution is 0.0908. The molecule has 2 aromatic heterocycles. The summed E-state index contributed by atoms with van der Waals surface area (Å²) in [5, 5.41) is 2.00. The van der Waals surface area contributed by atoms with Gasteiger partial charge in [0.25, 0.3) is 0 Å². The summed E-state index contributed by atoms with van der Waals surface area (Å²) in [5.74, 6) is 0.0697. The molecule has 14 heavy (non-hydrogen) atoms. The van der Waals surface area contributed by atoms with Gasteiger partial charge in [0.1, 0.15) is 6.33 Å². The van der Waals surface area contributed by atoms with Crippen LogP contribution in [0.2, 0.25) is 0 Å². The van der Waals surface area contributed by atoms with Crippen molar-refractivity contribution in [2.75, 3.05) is 0 Å². The van der Waals surface area contributed by atoms with Crippen LogP contribution in [0.5, 0.6) is 0 Å². The fraction of sp³-hybridized carbons (Fsp3) is 0.200. The van der Waals surface area contributed by atoms with Gasteiger partial charge in [-0.2, -0.15) is 0 Å². The quantitative estimate of drug-likeness (QED) is 0.757.